The van der Waals surface area contributed by atoms with Crippen LogP contribution in [0.1, 0.15) is 12.8 Å². The molecule has 2 rings (SSSR count). The molecule has 58 heavy (non-hydrogen) atoms. The first-order chi connectivity index (χ1) is 27.3. The van der Waals surface area contributed by atoms with Gasteiger partial charge in [0.05, 0.1) is 52.4 Å². The summed E-state index contributed by atoms with van der Waals surface area (Å²) in [5, 5.41) is 72.8. The molecule has 0 aliphatic carbocycles. The fraction of sp³-hybridized carbons (Fsp3) is 0.765. The van der Waals surface area contributed by atoms with Gasteiger partial charge in [0.25, 0.3) is 0 Å². The Bertz CT molecular complexity index is 1130. The second-order valence-corrected chi connectivity index (χ2v) is 14.1. The molecule has 2 aliphatic rings. The Hall–Kier alpha value is -4.56. The van der Waals surface area contributed by atoms with Crippen LogP contribution in [0.4, 0.5) is 0 Å². The van der Waals surface area contributed by atoms with E-state index in [2.05, 4.69) is 0 Å². The third-order valence-corrected chi connectivity index (χ3v) is 9.16. The highest BCUT2D eigenvalue weighted by Gasteiger charge is 2.22. The van der Waals surface area contributed by atoms with Gasteiger partial charge in [0, 0.05) is 105 Å². The predicted molar refractivity (Wildman–Crippen MR) is 202 cm³/mol. The van der Waals surface area contributed by atoms with Gasteiger partial charge in [-0.3, -0.25) is 77.6 Å². The van der Waals surface area contributed by atoms with Crippen LogP contribution in [0.15, 0.2) is 0 Å². The molecule has 0 amide bonds. The maximum absolute atomic E-state index is 11.1. The Labute approximate surface area is 336 Å². The zero-order valence-electron chi connectivity index (χ0n) is 32.8. The fourth-order valence-electron chi connectivity index (χ4n) is 6.42. The summed E-state index contributed by atoms with van der Waals surface area (Å²) >= 11 is 0. The van der Waals surface area contributed by atoms with Crippen LogP contribution in [0.3, 0.4) is 0 Å². The Balaban J connectivity index is 0.000000581. The third kappa shape index (κ3) is 27.1. The van der Waals surface area contributed by atoms with Gasteiger partial charge < -0.3 is 40.9 Å². The maximum atomic E-state index is 11.1. The lowest BCUT2D eigenvalue weighted by Gasteiger charge is -2.32. The Morgan fingerprint density at radius 1 is 0.224 bits per heavy atom. The zero-order chi connectivity index (χ0) is 43.6. The lowest BCUT2D eigenvalue weighted by atomic mass is 10.2. The number of hydrogen-bond donors (Lipinski definition) is 8. The van der Waals surface area contributed by atoms with Crippen LogP contribution in [0.2, 0.25) is 0 Å². The minimum atomic E-state index is -1.02. The number of aliphatic carboxylic acids is 8. The van der Waals surface area contributed by atoms with Crippen molar-refractivity contribution < 1.29 is 79.2 Å². The van der Waals surface area contributed by atoms with Crippen molar-refractivity contribution in [2.45, 2.75) is 12.8 Å². The van der Waals surface area contributed by atoms with Crippen molar-refractivity contribution >= 4 is 47.8 Å². The summed E-state index contributed by atoms with van der Waals surface area (Å²) in [6, 6.07) is 0. The number of carbonyl (C=O) groups is 8. The van der Waals surface area contributed by atoms with E-state index in [1.807, 2.05) is 0 Å². The molecule has 8 N–H and O–H groups in total. The molecule has 2 saturated heterocycles. The van der Waals surface area contributed by atoms with E-state index in [4.69, 9.17) is 40.9 Å². The first kappa shape index (κ1) is 51.5. The van der Waals surface area contributed by atoms with Crippen molar-refractivity contribution in [2.75, 3.05) is 157 Å². The van der Waals surface area contributed by atoms with Gasteiger partial charge in [-0.15, -0.1) is 0 Å². The van der Waals surface area contributed by atoms with Crippen molar-refractivity contribution in [1.82, 2.24) is 39.2 Å². The van der Waals surface area contributed by atoms with E-state index in [1.54, 1.807) is 39.2 Å². The van der Waals surface area contributed by atoms with Crippen molar-refractivity contribution in [1.29, 1.82) is 0 Å². The van der Waals surface area contributed by atoms with E-state index in [0.717, 1.165) is 0 Å². The molecule has 0 bridgehead atoms. The second kappa shape index (κ2) is 28.8. The molecule has 0 radical (unpaired) electrons. The summed E-state index contributed by atoms with van der Waals surface area (Å²) in [6.07, 6.45) is 1.08. The topological polar surface area (TPSA) is 324 Å². The van der Waals surface area contributed by atoms with E-state index in [1.165, 1.54) is 0 Å². The Morgan fingerprint density at radius 2 is 0.328 bits per heavy atom. The van der Waals surface area contributed by atoms with E-state index in [-0.39, 0.29) is 52.4 Å². The minimum Gasteiger partial charge on any atom is -0.480 e. The highest BCUT2D eigenvalue weighted by atomic mass is 16.4. The largest absolute Gasteiger partial charge is 0.480 e. The monoisotopic (exact) mass is 836 g/mol. The summed E-state index contributed by atoms with van der Waals surface area (Å²) in [5.74, 6) is -7.99. The summed E-state index contributed by atoms with van der Waals surface area (Å²) in [4.78, 5) is 102. The van der Waals surface area contributed by atoms with Gasteiger partial charge in [-0.05, 0) is 12.8 Å². The molecule has 0 spiro atoms. The van der Waals surface area contributed by atoms with E-state index in [9.17, 15) is 38.4 Å². The van der Waals surface area contributed by atoms with E-state index < -0.39 is 47.8 Å². The van der Waals surface area contributed by atoms with Crippen molar-refractivity contribution in [3.8, 4) is 0 Å². The third-order valence-electron chi connectivity index (χ3n) is 9.16. The van der Waals surface area contributed by atoms with Crippen LogP contribution in [0.25, 0.3) is 0 Å². The van der Waals surface area contributed by atoms with Crippen LogP contribution in [0.5, 0.6) is 0 Å². The second-order valence-electron chi connectivity index (χ2n) is 14.1. The normalized spacial score (nSPS) is 19.6. The molecule has 24 heteroatoms. The SMILES string of the molecule is O=C(O)CN1CCCN(CC(=O)O)CCN(CC(=O)O)CCCN(CC(=O)O)CC1.O=C(O)CN1CCN(CC(=O)O)CCN(CC(=O)O)CCN(CC(=O)O)CC1. The van der Waals surface area contributed by atoms with Crippen molar-refractivity contribution in [3.05, 3.63) is 0 Å². The molecule has 2 aliphatic heterocycles. The molecule has 332 valence electrons. The Morgan fingerprint density at radius 3 is 0.431 bits per heavy atom. The molecule has 0 aromatic carbocycles. The molecule has 2 heterocycles. The van der Waals surface area contributed by atoms with Gasteiger partial charge in [0.1, 0.15) is 0 Å². The zero-order valence-corrected chi connectivity index (χ0v) is 32.8. The molecule has 24 nitrogen and oxygen atoms in total. The van der Waals surface area contributed by atoms with Crippen LogP contribution in [-0.4, -0.2) is 285 Å². The number of rotatable bonds is 16. The first-order valence-electron chi connectivity index (χ1n) is 18.8. The molecule has 0 unspecified atom stereocenters. The molecule has 0 saturated carbocycles. The average molecular weight is 837 g/mol. The molecular weight excluding hydrogens is 776 g/mol. The van der Waals surface area contributed by atoms with Crippen LogP contribution in [-0.2, 0) is 38.4 Å². The average Bonchev–Trinajstić information content (AvgIpc) is 3.08. The van der Waals surface area contributed by atoms with Gasteiger partial charge in [0.15, 0.2) is 0 Å². The molecule has 0 atom stereocenters. The number of nitrogens with zero attached hydrogens (tertiary/aromatic N) is 8. The van der Waals surface area contributed by atoms with Crippen LogP contribution < -0.4 is 0 Å². The number of carboxylic acids is 8. The highest BCUT2D eigenvalue weighted by Crippen LogP contribution is 2.04. The quantitative estimate of drug-likeness (QED) is 0.0732. The maximum Gasteiger partial charge on any atom is 0.317 e. The summed E-state index contributed by atoms with van der Waals surface area (Å²) in [5.41, 5.74) is 0. The van der Waals surface area contributed by atoms with E-state index >= 15 is 0 Å². The predicted octanol–water partition coefficient (Wildman–Crippen LogP) is -4.13. The first-order valence-corrected chi connectivity index (χ1v) is 18.8. The molecule has 2 fully saturated rings. The van der Waals surface area contributed by atoms with Gasteiger partial charge >= 0.3 is 47.8 Å². The van der Waals surface area contributed by atoms with Gasteiger partial charge in [-0.1, -0.05) is 0 Å². The van der Waals surface area contributed by atoms with Crippen LogP contribution >= 0.6 is 0 Å². The summed E-state index contributed by atoms with van der Waals surface area (Å²) < 4.78 is 0. The lowest BCUT2D eigenvalue weighted by molar-refractivity contribution is -0.141. The smallest absolute Gasteiger partial charge is 0.317 e. The van der Waals surface area contributed by atoms with Gasteiger partial charge in [-0.2, -0.15) is 0 Å². The summed E-state index contributed by atoms with van der Waals surface area (Å²) in [7, 11) is 0. The standard InChI is InChI=1S/C18H32N4O8.C16H28N4O8/c23-15(24)11-19-3-1-4-20(12-16(25)26)8-10-22(14-18(29)30)6-2-5-21(9-7-19)13-17(27)28;21-13(22)9-17-1-2-18(10-14(23)24)5-6-20(12-16(27)28)8-7-19(4-3-17)11-15(25)26/h1-14H2,(H,23,24)(H,25,26)(H,27,28)(H,29,30);1-12H2,(H,21,22)(H,23,24)(H,25,26)(H,27,28). The minimum absolute atomic E-state index is 0.174. The Kier molecular flexibility index (Phi) is 25.5. The highest BCUT2D eigenvalue weighted by molar-refractivity contribution is 5.71. The van der Waals surface area contributed by atoms with Crippen LogP contribution in [0, 0.1) is 0 Å². The lowest BCUT2D eigenvalue weighted by Crippen LogP contribution is -2.49. The number of hydrogen-bond acceptors (Lipinski definition) is 16. The molecule has 0 aromatic rings. The molecule has 0 aromatic heterocycles. The number of carboxylic acid groups (broad SMARTS) is 8. The van der Waals surface area contributed by atoms with Crippen molar-refractivity contribution in [2.24, 2.45) is 0 Å². The van der Waals surface area contributed by atoms with E-state index in [0.29, 0.717) is 118 Å². The van der Waals surface area contributed by atoms with Gasteiger partial charge in [0.2, 0.25) is 0 Å². The van der Waals surface area contributed by atoms with Crippen molar-refractivity contribution in [3.63, 3.8) is 0 Å². The summed E-state index contributed by atoms with van der Waals surface area (Å²) in [6.45, 7) is 4.05. The van der Waals surface area contributed by atoms with Gasteiger partial charge in [-0.25, -0.2) is 0 Å². The fourth-order valence-corrected chi connectivity index (χ4v) is 6.42. The molecular formula is C34H60N8O16.